The van der Waals surface area contributed by atoms with Gasteiger partial charge in [0.2, 0.25) is 0 Å². The smallest absolute Gasteiger partial charge is 0.291 e. The van der Waals surface area contributed by atoms with Gasteiger partial charge in [-0.1, -0.05) is 13.3 Å². The van der Waals surface area contributed by atoms with Crippen molar-refractivity contribution >= 4 is 22.9 Å². The van der Waals surface area contributed by atoms with Crippen LogP contribution in [0.3, 0.4) is 0 Å². The number of benzene rings is 1. The van der Waals surface area contributed by atoms with Crippen LogP contribution in [-0.2, 0) is 13.0 Å². The Balaban J connectivity index is 1.50. The molecule has 1 amide bonds. The van der Waals surface area contributed by atoms with Crippen LogP contribution in [-0.4, -0.2) is 10.9 Å². The maximum atomic E-state index is 11.9. The minimum atomic E-state index is -0.277. The molecule has 0 spiro atoms. The molecule has 0 aliphatic heterocycles. The molecule has 3 rings (SSSR count). The Hall–Kier alpha value is -2.60. The van der Waals surface area contributed by atoms with Gasteiger partial charge in [-0.15, -0.1) is 11.3 Å². The van der Waals surface area contributed by atoms with E-state index in [1.165, 1.54) is 19.1 Å². The van der Waals surface area contributed by atoms with Crippen molar-refractivity contribution in [2.45, 2.75) is 32.8 Å². The van der Waals surface area contributed by atoms with Crippen molar-refractivity contribution in [1.29, 1.82) is 0 Å². The molecule has 2 heterocycles. The number of rotatable bonds is 8. The molecule has 0 bridgehead atoms. The number of nitrogens with one attached hydrogen (secondary N) is 1. The van der Waals surface area contributed by atoms with Crippen molar-refractivity contribution < 1.29 is 13.9 Å². The maximum absolute atomic E-state index is 11.9. The summed E-state index contributed by atoms with van der Waals surface area (Å²) in [5, 5.41) is 5.98. The van der Waals surface area contributed by atoms with Crippen molar-refractivity contribution in [3.05, 3.63) is 64.5 Å². The number of carbonyl (C=O) groups is 1. The van der Waals surface area contributed by atoms with Crippen LogP contribution >= 0.6 is 11.3 Å². The summed E-state index contributed by atoms with van der Waals surface area (Å²) in [4.78, 5) is 16.5. The van der Waals surface area contributed by atoms with Crippen LogP contribution in [0.5, 0.6) is 5.75 Å². The highest BCUT2D eigenvalue weighted by Gasteiger charge is 2.08. The fourth-order valence-electron chi connectivity index (χ4n) is 2.25. The van der Waals surface area contributed by atoms with E-state index in [0.29, 0.717) is 12.3 Å². The molecule has 0 aliphatic carbocycles. The summed E-state index contributed by atoms with van der Waals surface area (Å²) in [6, 6.07) is 10.5. The summed E-state index contributed by atoms with van der Waals surface area (Å²) in [7, 11) is 0. The lowest BCUT2D eigenvalue weighted by Gasteiger charge is -2.06. The first kappa shape index (κ1) is 17.2. The van der Waals surface area contributed by atoms with Crippen LogP contribution in [0.25, 0.3) is 0 Å². The zero-order valence-corrected chi connectivity index (χ0v) is 14.8. The molecule has 0 saturated heterocycles. The number of ether oxygens (including phenoxy) is 1. The van der Waals surface area contributed by atoms with E-state index in [9.17, 15) is 4.79 Å². The summed E-state index contributed by atoms with van der Waals surface area (Å²) in [6.45, 7) is 2.62. The molecule has 6 heteroatoms. The molecule has 0 unspecified atom stereocenters. The minimum Gasteiger partial charge on any atom is -0.487 e. The topological polar surface area (TPSA) is 64.4 Å². The molecule has 1 aromatic carbocycles. The number of unbranched alkanes of at least 4 members (excludes halogenated alkanes) is 1. The average Bonchev–Trinajstić information content (AvgIpc) is 3.31. The van der Waals surface area contributed by atoms with E-state index in [1.807, 2.05) is 17.5 Å². The van der Waals surface area contributed by atoms with Crippen LogP contribution in [0.15, 0.2) is 52.5 Å². The number of carbonyl (C=O) groups excluding carboxylic acids is 1. The van der Waals surface area contributed by atoms with E-state index < -0.39 is 0 Å². The standard InChI is InChI=1S/C19H20N2O3S/c1-2-3-6-18-20-15(13-25-18)12-24-16-9-7-14(8-10-16)21-19(22)17-5-4-11-23-17/h4-5,7-11,13H,2-3,6,12H2,1H3,(H,21,22). The number of hydrogen-bond donors (Lipinski definition) is 1. The summed E-state index contributed by atoms with van der Waals surface area (Å²) in [6.07, 6.45) is 4.84. The van der Waals surface area contributed by atoms with Crippen LogP contribution in [0.2, 0.25) is 0 Å². The van der Waals surface area contributed by atoms with Gasteiger partial charge in [0.05, 0.1) is 17.0 Å². The molecule has 0 saturated carbocycles. The molecule has 1 N–H and O–H groups in total. The van der Waals surface area contributed by atoms with Gasteiger partial charge in [-0.05, 0) is 49.2 Å². The lowest BCUT2D eigenvalue weighted by molar-refractivity contribution is 0.0996. The first-order valence-corrected chi connectivity index (χ1v) is 9.13. The number of anilines is 1. The lowest BCUT2D eigenvalue weighted by Crippen LogP contribution is -2.10. The van der Waals surface area contributed by atoms with Gasteiger partial charge in [-0.2, -0.15) is 0 Å². The van der Waals surface area contributed by atoms with Crippen LogP contribution in [0, 0.1) is 0 Å². The number of nitrogens with zero attached hydrogens (tertiary/aromatic N) is 1. The molecule has 2 aromatic heterocycles. The van der Waals surface area contributed by atoms with E-state index in [0.717, 1.165) is 22.9 Å². The van der Waals surface area contributed by atoms with Crippen molar-refractivity contribution in [2.24, 2.45) is 0 Å². The molecule has 0 atom stereocenters. The minimum absolute atomic E-state index is 0.277. The van der Waals surface area contributed by atoms with Gasteiger partial charge in [0.25, 0.3) is 5.91 Å². The number of thiazole rings is 1. The van der Waals surface area contributed by atoms with Crippen molar-refractivity contribution in [1.82, 2.24) is 4.98 Å². The van der Waals surface area contributed by atoms with Gasteiger partial charge in [-0.25, -0.2) is 4.98 Å². The van der Waals surface area contributed by atoms with E-state index in [4.69, 9.17) is 9.15 Å². The number of hydrogen-bond acceptors (Lipinski definition) is 5. The summed E-state index contributed by atoms with van der Waals surface area (Å²) in [5.41, 5.74) is 1.63. The molecular weight excluding hydrogens is 336 g/mol. The molecular formula is C19H20N2O3S. The fraction of sp³-hybridized carbons (Fsp3) is 0.263. The second-order valence-corrected chi connectivity index (χ2v) is 6.52. The molecule has 0 aliphatic rings. The number of amides is 1. The number of aryl methyl sites for hydroxylation is 1. The van der Waals surface area contributed by atoms with Crippen LogP contribution < -0.4 is 10.1 Å². The third kappa shape index (κ3) is 4.93. The van der Waals surface area contributed by atoms with Gasteiger partial charge >= 0.3 is 0 Å². The quantitative estimate of drug-likeness (QED) is 0.623. The van der Waals surface area contributed by atoms with Gasteiger partial charge in [0, 0.05) is 11.1 Å². The van der Waals surface area contributed by atoms with E-state index in [-0.39, 0.29) is 11.7 Å². The average molecular weight is 356 g/mol. The van der Waals surface area contributed by atoms with Crippen LogP contribution in [0.4, 0.5) is 5.69 Å². The number of furan rings is 1. The van der Waals surface area contributed by atoms with Crippen molar-refractivity contribution in [3.63, 3.8) is 0 Å². The second kappa shape index (κ2) is 8.48. The Morgan fingerprint density at radius 1 is 1.28 bits per heavy atom. The molecule has 0 radical (unpaired) electrons. The summed E-state index contributed by atoms with van der Waals surface area (Å²) in [5.74, 6) is 0.739. The third-order valence-corrected chi connectivity index (χ3v) is 4.54. The maximum Gasteiger partial charge on any atom is 0.291 e. The number of aromatic nitrogens is 1. The van der Waals surface area contributed by atoms with E-state index in [2.05, 4.69) is 17.2 Å². The van der Waals surface area contributed by atoms with Gasteiger partial charge in [-0.3, -0.25) is 4.79 Å². The van der Waals surface area contributed by atoms with Gasteiger partial charge in [0.15, 0.2) is 5.76 Å². The highest BCUT2D eigenvalue weighted by atomic mass is 32.1. The SMILES string of the molecule is CCCCc1nc(COc2ccc(NC(=O)c3ccco3)cc2)cs1. The third-order valence-electron chi connectivity index (χ3n) is 3.59. The lowest BCUT2D eigenvalue weighted by atomic mass is 10.3. The van der Waals surface area contributed by atoms with Crippen LogP contribution in [0.1, 0.15) is 41.0 Å². The van der Waals surface area contributed by atoms with E-state index in [1.54, 1.807) is 35.6 Å². The molecule has 0 fully saturated rings. The Morgan fingerprint density at radius 2 is 2.12 bits per heavy atom. The summed E-state index contributed by atoms with van der Waals surface area (Å²) < 4.78 is 10.8. The van der Waals surface area contributed by atoms with E-state index >= 15 is 0 Å². The highest BCUT2D eigenvalue weighted by Crippen LogP contribution is 2.19. The predicted octanol–water partition coefficient (Wildman–Crippen LogP) is 4.91. The predicted molar refractivity (Wildman–Crippen MR) is 98.2 cm³/mol. The fourth-order valence-corrected chi connectivity index (χ4v) is 3.08. The first-order chi connectivity index (χ1) is 12.2. The van der Waals surface area contributed by atoms with Gasteiger partial charge in [0.1, 0.15) is 12.4 Å². The Bertz CT molecular complexity index is 794. The van der Waals surface area contributed by atoms with Crippen molar-refractivity contribution in [3.8, 4) is 5.75 Å². The monoisotopic (exact) mass is 356 g/mol. The molecule has 130 valence electrons. The molecule has 3 aromatic rings. The van der Waals surface area contributed by atoms with Gasteiger partial charge < -0.3 is 14.5 Å². The zero-order valence-electron chi connectivity index (χ0n) is 14.0. The second-order valence-electron chi connectivity index (χ2n) is 5.58. The Labute approximate surface area is 150 Å². The first-order valence-electron chi connectivity index (χ1n) is 8.25. The highest BCUT2D eigenvalue weighted by molar-refractivity contribution is 7.09. The zero-order chi connectivity index (χ0) is 17.5. The normalized spacial score (nSPS) is 10.6. The largest absolute Gasteiger partial charge is 0.487 e. The molecule has 5 nitrogen and oxygen atoms in total. The Morgan fingerprint density at radius 3 is 2.84 bits per heavy atom. The summed E-state index contributed by atoms with van der Waals surface area (Å²) >= 11 is 1.69. The molecule has 25 heavy (non-hydrogen) atoms. The Kier molecular flexibility index (Phi) is 5.85. The van der Waals surface area contributed by atoms with Crippen molar-refractivity contribution in [2.75, 3.05) is 5.32 Å².